The number of carbonyl (C=O) groups is 3. The van der Waals surface area contributed by atoms with Crippen LogP contribution in [0.4, 0.5) is 5.69 Å². The van der Waals surface area contributed by atoms with E-state index in [2.05, 4.69) is 16.2 Å². The van der Waals surface area contributed by atoms with E-state index in [0.29, 0.717) is 42.4 Å². The number of anilines is 1. The average Bonchev–Trinajstić information content (AvgIpc) is 2.78. The Labute approximate surface area is 185 Å². The molecule has 0 aliphatic carbocycles. The average molecular weight is 445 g/mol. The highest BCUT2D eigenvalue weighted by molar-refractivity contribution is 6.33. The van der Waals surface area contributed by atoms with Crippen LogP contribution in [-0.4, -0.2) is 49.4 Å². The summed E-state index contributed by atoms with van der Waals surface area (Å²) in [6.45, 7) is 1.34. The minimum absolute atomic E-state index is 0.0550. The summed E-state index contributed by atoms with van der Waals surface area (Å²) in [5.74, 6) is -0.392. The lowest BCUT2D eigenvalue weighted by Crippen LogP contribution is -2.48. The molecule has 3 amide bonds. The third-order valence-corrected chi connectivity index (χ3v) is 5.45. The topological polar surface area (TPSA) is 99.8 Å². The van der Waals surface area contributed by atoms with Crippen molar-refractivity contribution in [2.45, 2.75) is 12.8 Å². The highest BCUT2D eigenvalue weighted by Gasteiger charge is 2.26. The Bertz CT molecular complexity index is 945. The number of halogens is 1. The first-order valence-corrected chi connectivity index (χ1v) is 10.4. The first kappa shape index (κ1) is 22.6. The molecule has 1 aliphatic heterocycles. The Morgan fingerprint density at radius 1 is 1.03 bits per heavy atom. The summed E-state index contributed by atoms with van der Waals surface area (Å²) in [6.07, 6.45) is 1.28. The zero-order valence-corrected chi connectivity index (χ0v) is 17.9. The molecule has 1 fully saturated rings. The Morgan fingerprint density at radius 2 is 1.71 bits per heavy atom. The summed E-state index contributed by atoms with van der Waals surface area (Å²) in [7, 11) is 1.56. The highest BCUT2D eigenvalue weighted by atomic mass is 35.5. The molecular formula is C22H25ClN4O4. The van der Waals surface area contributed by atoms with Crippen LogP contribution in [0.15, 0.2) is 48.5 Å². The van der Waals surface area contributed by atoms with E-state index >= 15 is 0 Å². The molecule has 1 heterocycles. The van der Waals surface area contributed by atoms with Gasteiger partial charge >= 0.3 is 0 Å². The Kier molecular flexibility index (Phi) is 7.86. The first-order valence-electron chi connectivity index (χ1n) is 9.98. The molecule has 164 valence electrons. The Hall–Kier alpha value is -3.10. The number of likely N-dealkylation sites (tertiary alicyclic amines) is 1. The van der Waals surface area contributed by atoms with Gasteiger partial charge in [-0.2, -0.15) is 0 Å². The molecule has 2 aromatic carbocycles. The first-order chi connectivity index (χ1) is 15.0. The lowest BCUT2D eigenvalue weighted by molar-refractivity contribution is -0.124. The second-order valence-corrected chi connectivity index (χ2v) is 7.63. The van der Waals surface area contributed by atoms with Crippen LogP contribution in [0.5, 0.6) is 5.75 Å². The Morgan fingerprint density at radius 3 is 2.42 bits per heavy atom. The number of hydrazine groups is 1. The second kappa shape index (κ2) is 10.8. The van der Waals surface area contributed by atoms with Gasteiger partial charge in [0.15, 0.2) is 0 Å². The van der Waals surface area contributed by atoms with E-state index in [1.54, 1.807) is 43.5 Å². The van der Waals surface area contributed by atoms with Crippen molar-refractivity contribution in [2.24, 2.45) is 5.92 Å². The van der Waals surface area contributed by atoms with E-state index in [4.69, 9.17) is 16.3 Å². The standard InChI is InChI=1S/C22H25ClN4O4/c1-31-19-9-5-4-8-18(19)24-21(29)15-10-12-27(13-11-15)14-20(28)25-26-22(30)16-6-2-3-7-17(16)23/h2-9,15H,10-14H2,1H3,(H,24,29)(H,25,28)(H,26,30). The third kappa shape index (κ3) is 6.19. The van der Waals surface area contributed by atoms with E-state index in [0.717, 1.165) is 0 Å². The molecule has 3 rings (SSSR count). The van der Waals surface area contributed by atoms with Gasteiger partial charge in [0.05, 0.1) is 29.9 Å². The fourth-order valence-electron chi connectivity index (χ4n) is 3.42. The third-order valence-electron chi connectivity index (χ3n) is 5.12. The number of carbonyl (C=O) groups excluding carboxylic acids is 3. The molecule has 2 aromatic rings. The number of piperidine rings is 1. The van der Waals surface area contributed by atoms with Crippen LogP contribution in [0.1, 0.15) is 23.2 Å². The number of nitrogens with zero attached hydrogens (tertiary/aromatic N) is 1. The van der Waals surface area contributed by atoms with Crippen molar-refractivity contribution >= 4 is 35.0 Å². The number of rotatable bonds is 6. The molecule has 31 heavy (non-hydrogen) atoms. The van der Waals surface area contributed by atoms with Crippen LogP contribution in [0.3, 0.4) is 0 Å². The van der Waals surface area contributed by atoms with E-state index in [1.165, 1.54) is 0 Å². The molecule has 0 aromatic heterocycles. The van der Waals surface area contributed by atoms with Gasteiger partial charge in [0.2, 0.25) is 5.91 Å². The van der Waals surface area contributed by atoms with Crippen LogP contribution in [0.25, 0.3) is 0 Å². The van der Waals surface area contributed by atoms with Gasteiger partial charge in [0.25, 0.3) is 11.8 Å². The molecule has 8 nitrogen and oxygen atoms in total. The number of para-hydroxylation sites is 2. The van der Waals surface area contributed by atoms with Gasteiger partial charge in [-0.25, -0.2) is 0 Å². The summed E-state index contributed by atoms with van der Waals surface area (Å²) in [5.41, 5.74) is 5.70. The number of benzene rings is 2. The van der Waals surface area contributed by atoms with Gasteiger partial charge in [-0.1, -0.05) is 35.9 Å². The zero-order chi connectivity index (χ0) is 22.2. The van der Waals surface area contributed by atoms with E-state index < -0.39 is 5.91 Å². The van der Waals surface area contributed by atoms with Gasteiger partial charge < -0.3 is 10.1 Å². The SMILES string of the molecule is COc1ccccc1NC(=O)C1CCN(CC(=O)NNC(=O)c2ccccc2Cl)CC1. The molecule has 1 saturated heterocycles. The van der Waals surface area contributed by atoms with Gasteiger partial charge in [0, 0.05) is 5.92 Å². The van der Waals surface area contributed by atoms with Gasteiger partial charge in [-0.3, -0.25) is 30.1 Å². The molecule has 1 aliphatic rings. The lowest BCUT2D eigenvalue weighted by Gasteiger charge is -2.30. The predicted molar refractivity (Wildman–Crippen MR) is 118 cm³/mol. The van der Waals surface area contributed by atoms with E-state index in [-0.39, 0.29) is 29.8 Å². The molecule has 0 radical (unpaired) electrons. The molecule has 0 unspecified atom stereocenters. The normalized spacial score (nSPS) is 14.5. The number of amides is 3. The minimum Gasteiger partial charge on any atom is -0.495 e. The van der Waals surface area contributed by atoms with Crippen molar-refractivity contribution in [3.63, 3.8) is 0 Å². The zero-order valence-electron chi connectivity index (χ0n) is 17.2. The van der Waals surface area contributed by atoms with Crippen LogP contribution < -0.4 is 20.9 Å². The number of nitrogens with one attached hydrogen (secondary N) is 3. The van der Waals surface area contributed by atoms with E-state index in [1.807, 2.05) is 17.0 Å². The van der Waals surface area contributed by atoms with Gasteiger partial charge in [-0.15, -0.1) is 0 Å². The van der Waals surface area contributed by atoms with Crippen LogP contribution in [0.2, 0.25) is 5.02 Å². The quantitative estimate of drug-likeness (QED) is 0.594. The van der Waals surface area contributed by atoms with Crippen LogP contribution in [0, 0.1) is 5.92 Å². The summed E-state index contributed by atoms with van der Waals surface area (Å²) < 4.78 is 5.26. The fraction of sp³-hybridized carbons (Fsp3) is 0.318. The van der Waals surface area contributed by atoms with Crippen molar-refractivity contribution < 1.29 is 19.1 Å². The van der Waals surface area contributed by atoms with Crippen molar-refractivity contribution in [3.8, 4) is 5.75 Å². The van der Waals surface area contributed by atoms with E-state index in [9.17, 15) is 14.4 Å². The van der Waals surface area contributed by atoms with Gasteiger partial charge in [-0.05, 0) is 50.2 Å². The molecule has 0 bridgehead atoms. The Balaban J connectivity index is 1.41. The predicted octanol–water partition coefficient (Wildman–Crippen LogP) is 2.46. The molecular weight excluding hydrogens is 420 g/mol. The maximum atomic E-state index is 12.6. The van der Waals surface area contributed by atoms with Crippen molar-refractivity contribution in [1.29, 1.82) is 0 Å². The van der Waals surface area contributed by atoms with Crippen LogP contribution in [-0.2, 0) is 9.59 Å². The number of methoxy groups -OCH3 is 1. The summed E-state index contributed by atoms with van der Waals surface area (Å²) in [5, 5.41) is 3.23. The fourth-order valence-corrected chi connectivity index (χ4v) is 3.64. The molecule has 3 N–H and O–H groups in total. The van der Waals surface area contributed by atoms with Crippen molar-refractivity contribution in [1.82, 2.24) is 15.8 Å². The van der Waals surface area contributed by atoms with Crippen molar-refractivity contribution in [2.75, 3.05) is 32.1 Å². The molecule has 0 atom stereocenters. The minimum atomic E-state index is -0.481. The summed E-state index contributed by atoms with van der Waals surface area (Å²) in [6, 6.07) is 13.9. The van der Waals surface area contributed by atoms with Crippen LogP contribution >= 0.6 is 11.6 Å². The number of hydrogen-bond donors (Lipinski definition) is 3. The molecule has 0 saturated carbocycles. The number of hydrogen-bond acceptors (Lipinski definition) is 5. The maximum absolute atomic E-state index is 12.6. The van der Waals surface area contributed by atoms with Gasteiger partial charge in [0.1, 0.15) is 5.75 Å². The second-order valence-electron chi connectivity index (χ2n) is 7.22. The monoisotopic (exact) mass is 444 g/mol. The lowest BCUT2D eigenvalue weighted by atomic mass is 9.95. The maximum Gasteiger partial charge on any atom is 0.271 e. The van der Waals surface area contributed by atoms with Crippen molar-refractivity contribution in [3.05, 3.63) is 59.1 Å². The smallest absolute Gasteiger partial charge is 0.271 e. The molecule has 0 spiro atoms. The summed E-state index contributed by atoms with van der Waals surface area (Å²) in [4.78, 5) is 38.8. The summed E-state index contributed by atoms with van der Waals surface area (Å²) >= 11 is 5.98. The molecule has 9 heteroatoms. The largest absolute Gasteiger partial charge is 0.495 e. The highest BCUT2D eigenvalue weighted by Crippen LogP contribution is 2.25. The number of ether oxygens (including phenoxy) is 1.